The van der Waals surface area contributed by atoms with Crippen LogP contribution in [0.4, 0.5) is 16.3 Å². The number of carbonyl (C=O) groups is 2. The van der Waals surface area contributed by atoms with Gasteiger partial charge in [-0.1, -0.05) is 0 Å². The van der Waals surface area contributed by atoms with Crippen molar-refractivity contribution >= 4 is 41.6 Å². The second-order valence-corrected chi connectivity index (χ2v) is 7.62. The van der Waals surface area contributed by atoms with Crippen LogP contribution in [0.25, 0.3) is 16.9 Å². The van der Waals surface area contributed by atoms with E-state index in [0.29, 0.717) is 43.3 Å². The molecular weight excluding hydrogens is 436 g/mol. The number of nitrogens with zero attached hydrogens (tertiary/aromatic N) is 5. The highest BCUT2D eigenvalue weighted by atomic mass is 35.5. The Morgan fingerprint density at radius 1 is 1.25 bits per heavy atom. The lowest BCUT2D eigenvalue weighted by Crippen LogP contribution is -2.35. The quantitative estimate of drug-likeness (QED) is 0.642. The van der Waals surface area contributed by atoms with Crippen LogP contribution in [0.5, 0.6) is 0 Å². The number of rotatable bonds is 3. The highest BCUT2D eigenvalue weighted by Gasteiger charge is 2.30. The molecule has 3 aromatic rings. The summed E-state index contributed by atoms with van der Waals surface area (Å²) in [5.74, 6) is 0.241. The number of hydrogen-bond donors (Lipinski definition) is 1. The summed E-state index contributed by atoms with van der Waals surface area (Å²) < 4.78 is 12.6. The van der Waals surface area contributed by atoms with Crippen molar-refractivity contribution in [2.75, 3.05) is 30.0 Å². The van der Waals surface area contributed by atoms with E-state index in [-0.39, 0.29) is 30.5 Å². The molecule has 1 saturated heterocycles. The van der Waals surface area contributed by atoms with Crippen molar-refractivity contribution in [2.45, 2.75) is 32.3 Å². The SMILES string of the molecule is CC(=O)Nc1cn2nc(-c3cnc4c(c3)N(C(=O)OC3CCOCC3)CC4)ccc2n1.Cl. The predicted molar refractivity (Wildman–Crippen MR) is 119 cm³/mol. The molecule has 2 amide bonds. The number of nitrogens with one attached hydrogen (secondary N) is 1. The minimum Gasteiger partial charge on any atom is -0.446 e. The Bertz CT molecular complexity index is 1160. The molecule has 168 valence electrons. The molecule has 11 heteroatoms. The van der Waals surface area contributed by atoms with Crippen LogP contribution in [0.15, 0.2) is 30.6 Å². The zero-order valence-corrected chi connectivity index (χ0v) is 18.3. The molecule has 1 fully saturated rings. The van der Waals surface area contributed by atoms with E-state index in [0.717, 1.165) is 29.8 Å². The van der Waals surface area contributed by atoms with Gasteiger partial charge in [0.1, 0.15) is 6.10 Å². The van der Waals surface area contributed by atoms with Gasteiger partial charge in [-0.2, -0.15) is 5.10 Å². The Morgan fingerprint density at radius 3 is 2.84 bits per heavy atom. The maximum Gasteiger partial charge on any atom is 0.414 e. The van der Waals surface area contributed by atoms with Gasteiger partial charge in [0.05, 0.1) is 36.5 Å². The van der Waals surface area contributed by atoms with Gasteiger partial charge in [-0.15, -0.1) is 12.4 Å². The van der Waals surface area contributed by atoms with E-state index in [4.69, 9.17) is 9.47 Å². The molecule has 0 bridgehead atoms. The number of ether oxygens (including phenoxy) is 2. The summed E-state index contributed by atoms with van der Waals surface area (Å²) in [6.45, 7) is 3.21. The molecule has 2 aliphatic heterocycles. The number of pyridine rings is 1. The van der Waals surface area contributed by atoms with E-state index < -0.39 is 0 Å². The van der Waals surface area contributed by atoms with Crippen molar-refractivity contribution < 1.29 is 19.1 Å². The Labute approximate surface area is 190 Å². The van der Waals surface area contributed by atoms with Crippen LogP contribution in [0, 0.1) is 0 Å². The first-order valence-corrected chi connectivity index (χ1v) is 10.3. The Hall–Kier alpha value is -3.24. The highest BCUT2D eigenvalue weighted by Crippen LogP contribution is 2.31. The van der Waals surface area contributed by atoms with Crippen molar-refractivity contribution in [1.29, 1.82) is 0 Å². The first-order valence-electron chi connectivity index (χ1n) is 10.3. The fourth-order valence-electron chi connectivity index (χ4n) is 3.85. The largest absolute Gasteiger partial charge is 0.446 e. The maximum absolute atomic E-state index is 12.8. The van der Waals surface area contributed by atoms with Gasteiger partial charge in [0.25, 0.3) is 0 Å². The third kappa shape index (κ3) is 4.37. The number of hydrogen-bond acceptors (Lipinski definition) is 7. The van der Waals surface area contributed by atoms with Crippen LogP contribution < -0.4 is 10.2 Å². The fraction of sp³-hybridized carbons (Fsp3) is 0.381. The zero-order valence-electron chi connectivity index (χ0n) is 17.5. The second-order valence-electron chi connectivity index (χ2n) is 7.62. The van der Waals surface area contributed by atoms with Crippen molar-refractivity contribution in [2.24, 2.45) is 0 Å². The summed E-state index contributed by atoms with van der Waals surface area (Å²) in [7, 11) is 0. The minimum absolute atomic E-state index is 0. The van der Waals surface area contributed by atoms with Crippen LogP contribution in [-0.2, 0) is 20.7 Å². The Kier molecular flexibility index (Phi) is 6.24. The van der Waals surface area contributed by atoms with Crippen molar-refractivity contribution in [1.82, 2.24) is 19.6 Å². The predicted octanol–water partition coefficient (Wildman–Crippen LogP) is 2.85. The highest BCUT2D eigenvalue weighted by molar-refractivity contribution is 5.91. The lowest BCUT2D eigenvalue weighted by molar-refractivity contribution is -0.114. The molecule has 0 saturated carbocycles. The summed E-state index contributed by atoms with van der Waals surface area (Å²) in [6.07, 6.45) is 5.09. The van der Waals surface area contributed by atoms with Gasteiger partial charge in [0, 0.05) is 44.5 Å². The molecule has 0 radical (unpaired) electrons. The van der Waals surface area contributed by atoms with Crippen LogP contribution in [0.2, 0.25) is 0 Å². The van der Waals surface area contributed by atoms with Crippen molar-refractivity contribution in [3.05, 3.63) is 36.3 Å². The van der Waals surface area contributed by atoms with Crippen LogP contribution in [0.3, 0.4) is 0 Å². The average molecular weight is 459 g/mol. The van der Waals surface area contributed by atoms with Crippen molar-refractivity contribution in [3.63, 3.8) is 0 Å². The third-order valence-corrected chi connectivity index (χ3v) is 5.39. The number of amides is 2. The molecule has 10 nitrogen and oxygen atoms in total. The number of carbonyl (C=O) groups excluding carboxylic acids is 2. The molecule has 0 aromatic carbocycles. The van der Waals surface area contributed by atoms with Gasteiger partial charge in [0.15, 0.2) is 11.5 Å². The molecular formula is C21H23ClN6O4. The normalized spacial score (nSPS) is 15.8. The molecule has 5 heterocycles. The van der Waals surface area contributed by atoms with Gasteiger partial charge in [-0.25, -0.2) is 14.3 Å². The molecule has 3 aromatic heterocycles. The third-order valence-electron chi connectivity index (χ3n) is 5.39. The number of fused-ring (bicyclic) bond motifs is 2. The van der Waals surface area contributed by atoms with E-state index in [1.54, 1.807) is 21.8 Å². The van der Waals surface area contributed by atoms with E-state index in [1.165, 1.54) is 6.92 Å². The Balaban J connectivity index is 0.00000245. The van der Waals surface area contributed by atoms with Gasteiger partial charge in [-0.05, 0) is 18.2 Å². The summed E-state index contributed by atoms with van der Waals surface area (Å²) in [5, 5.41) is 7.23. The van der Waals surface area contributed by atoms with Gasteiger partial charge >= 0.3 is 6.09 Å². The fourth-order valence-corrected chi connectivity index (χ4v) is 3.85. The van der Waals surface area contributed by atoms with Crippen LogP contribution >= 0.6 is 12.4 Å². The Morgan fingerprint density at radius 2 is 2.06 bits per heavy atom. The van der Waals surface area contributed by atoms with Crippen LogP contribution in [-0.4, -0.2) is 57.4 Å². The number of anilines is 2. The molecule has 2 aliphatic rings. The molecule has 5 rings (SSSR count). The molecule has 32 heavy (non-hydrogen) atoms. The van der Waals surface area contributed by atoms with E-state index in [2.05, 4.69) is 20.4 Å². The molecule has 0 spiro atoms. The van der Waals surface area contributed by atoms with Gasteiger partial charge < -0.3 is 14.8 Å². The summed E-state index contributed by atoms with van der Waals surface area (Å²) in [5.41, 5.74) is 3.69. The van der Waals surface area contributed by atoms with E-state index in [1.807, 2.05) is 18.2 Å². The standard InChI is InChI=1S/C21H22N6O4.ClH/c1-13(28)23-19-12-27-20(24-19)3-2-16(25-27)14-10-18-17(22-11-14)4-7-26(18)21(29)31-15-5-8-30-9-6-15;/h2-3,10-12,15H,4-9H2,1H3,(H,23,28);1H. The first kappa shape index (κ1) is 22.0. The summed E-state index contributed by atoms with van der Waals surface area (Å²) in [4.78, 5) is 34.5. The van der Waals surface area contributed by atoms with E-state index >= 15 is 0 Å². The second kappa shape index (κ2) is 9.09. The average Bonchev–Trinajstić information content (AvgIpc) is 3.36. The van der Waals surface area contributed by atoms with Crippen LogP contribution in [0.1, 0.15) is 25.5 Å². The zero-order chi connectivity index (χ0) is 21.4. The summed E-state index contributed by atoms with van der Waals surface area (Å²) in [6, 6.07) is 5.57. The molecule has 0 aliphatic carbocycles. The van der Waals surface area contributed by atoms with Gasteiger partial charge in [-0.3, -0.25) is 14.7 Å². The molecule has 0 atom stereocenters. The topological polar surface area (TPSA) is 111 Å². The lowest BCUT2D eigenvalue weighted by Gasteiger charge is -2.25. The number of imidazole rings is 1. The maximum atomic E-state index is 12.8. The molecule has 0 unspecified atom stereocenters. The summed E-state index contributed by atoms with van der Waals surface area (Å²) >= 11 is 0. The molecule has 1 N–H and O–H groups in total. The minimum atomic E-state index is -0.345. The number of aromatic nitrogens is 4. The number of halogens is 1. The van der Waals surface area contributed by atoms with E-state index in [9.17, 15) is 9.59 Å². The first-order chi connectivity index (χ1) is 15.1. The smallest absolute Gasteiger partial charge is 0.414 e. The van der Waals surface area contributed by atoms with Crippen molar-refractivity contribution in [3.8, 4) is 11.3 Å². The lowest BCUT2D eigenvalue weighted by atomic mass is 10.1. The van der Waals surface area contributed by atoms with Gasteiger partial charge in [0.2, 0.25) is 5.91 Å². The monoisotopic (exact) mass is 458 g/mol.